The number of benzene rings is 1. The number of amides is 1. The molecule has 2 aliphatic rings. The molecule has 0 spiro atoms. The number of fused-ring (bicyclic) bond motifs is 1. The molecule has 25 heavy (non-hydrogen) atoms. The van der Waals surface area contributed by atoms with Crippen molar-refractivity contribution < 1.29 is 9.21 Å². The van der Waals surface area contributed by atoms with Crippen molar-refractivity contribution in [2.75, 3.05) is 18.5 Å². The molecule has 0 aliphatic carbocycles. The van der Waals surface area contributed by atoms with Crippen LogP contribution in [0.5, 0.6) is 0 Å². The Bertz CT molecular complexity index is 858. The van der Waals surface area contributed by atoms with Gasteiger partial charge in [-0.25, -0.2) is 0 Å². The largest absolute Gasteiger partial charge is 0.467 e. The number of anilines is 1. The summed E-state index contributed by atoms with van der Waals surface area (Å²) in [5.41, 5.74) is 3.68. The molecule has 0 saturated carbocycles. The maximum atomic E-state index is 12.7. The van der Waals surface area contributed by atoms with Crippen molar-refractivity contribution >= 4 is 46.0 Å². The van der Waals surface area contributed by atoms with E-state index in [0.29, 0.717) is 15.8 Å². The molecule has 0 N–H and O–H groups in total. The summed E-state index contributed by atoms with van der Waals surface area (Å²) in [6.07, 6.45) is 5.79. The summed E-state index contributed by atoms with van der Waals surface area (Å²) >= 11 is 6.73. The third kappa shape index (κ3) is 3.24. The van der Waals surface area contributed by atoms with Gasteiger partial charge in [0.1, 0.15) is 10.1 Å². The van der Waals surface area contributed by atoms with E-state index in [0.717, 1.165) is 30.7 Å². The van der Waals surface area contributed by atoms with Crippen molar-refractivity contribution in [1.82, 2.24) is 4.90 Å². The smallest absolute Gasteiger partial charge is 0.266 e. The molecule has 0 unspecified atom stereocenters. The highest BCUT2D eigenvalue weighted by molar-refractivity contribution is 8.26. The highest BCUT2D eigenvalue weighted by Gasteiger charge is 2.32. The van der Waals surface area contributed by atoms with E-state index in [1.165, 1.54) is 23.0 Å². The molecule has 1 aromatic carbocycles. The molecule has 128 valence electrons. The number of rotatable bonds is 3. The lowest BCUT2D eigenvalue weighted by molar-refractivity contribution is -0.122. The van der Waals surface area contributed by atoms with Gasteiger partial charge in [0.2, 0.25) is 0 Å². The molecule has 1 amide bonds. The lowest BCUT2D eigenvalue weighted by Crippen LogP contribution is -2.27. The highest BCUT2D eigenvalue weighted by atomic mass is 32.2. The second-order valence-electron chi connectivity index (χ2n) is 6.26. The molecule has 4 rings (SSSR count). The fraction of sp³-hybridized carbons (Fsp3) is 0.263. The van der Waals surface area contributed by atoms with Crippen molar-refractivity contribution in [3.63, 3.8) is 0 Å². The summed E-state index contributed by atoms with van der Waals surface area (Å²) in [7, 11) is 2.12. The SMILES string of the molecule is CN1CCCc2cc(/C=C3\SC(=S)N(Cc4ccco4)C3=O)ccc21. The monoisotopic (exact) mass is 370 g/mol. The zero-order valence-corrected chi connectivity index (χ0v) is 15.5. The van der Waals surface area contributed by atoms with Crippen LogP contribution in [-0.2, 0) is 17.8 Å². The molecule has 6 heteroatoms. The molecule has 2 aromatic rings. The van der Waals surface area contributed by atoms with Crippen molar-refractivity contribution in [1.29, 1.82) is 0 Å². The van der Waals surface area contributed by atoms with E-state index >= 15 is 0 Å². The van der Waals surface area contributed by atoms with Crippen LogP contribution in [0.2, 0.25) is 0 Å². The Morgan fingerprint density at radius 2 is 2.24 bits per heavy atom. The van der Waals surface area contributed by atoms with Gasteiger partial charge in [0.05, 0.1) is 17.7 Å². The van der Waals surface area contributed by atoms with Crippen LogP contribution in [-0.4, -0.2) is 28.7 Å². The van der Waals surface area contributed by atoms with Crippen LogP contribution < -0.4 is 4.90 Å². The Kier molecular flexibility index (Phi) is 4.39. The number of thiocarbonyl (C=S) groups is 1. The maximum Gasteiger partial charge on any atom is 0.266 e. The Morgan fingerprint density at radius 3 is 3.04 bits per heavy atom. The summed E-state index contributed by atoms with van der Waals surface area (Å²) in [5, 5.41) is 0. The molecule has 2 aliphatic heterocycles. The van der Waals surface area contributed by atoms with Gasteiger partial charge < -0.3 is 9.32 Å². The lowest BCUT2D eigenvalue weighted by Gasteiger charge is -2.27. The molecule has 3 heterocycles. The van der Waals surface area contributed by atoms with E-state index in [4.69, 9.17) is 16.6 Å². The number of thioether (sulfide) groups is 1. The van der Waals surface area contributed by atoms with Gasteiger partial charge in [-0.2, -0.15) is 0 Å². The van der Waals surface area contributed by atoms with Crippen LogP contribution in [0.25, 0.3) is 6.08 Å². The standard InChI is InChI=1S/C19H18N2O2S2/c1-20-8-2-4-14-10-13(6-7-16(14)20)11-17-18(22)21(19(24)25-17)12-15-5-3-9-23-15/h3,5-7,9-11H,2,4,8,12H2,1H3/b17-11-. The Balaban J connectivity index is 1.57. The second kappa shape index (κ2) is 6.69. The van der Waals surface area contributed by atoms with E-state index in [2.05, 4.69) is 30.1 Å². The van der Waals surface area contributed by atoms with E-state index in [9.17, 15) is 4.79 Å². The van der Waals surface area contributed by atoms with Crippen LogP contribution >= 0.6 is 24.0 Å². The maximum absolute atomic E-state index is 12.7. The van der Waals surface area contributed by atoms with Crippen LogP contribution in [0.4, 0.5) is 5.69 Å². The normalized spacial score (nSPS) is 19.0. The van der Waals surface area contributed by atoms with Gasteiger partial charge in [-0.3, -0.25) is 9.69 Å². The number of carbonyl (C=O) groups is 1. The number of furan rings is 1. The molecule has 0 radical (unpaired) electrons. The number of carbonyl (C=O) groups excluding carboxylic acids is 1. The van der Waals surface area contributed by atoms with Crippen molar-refractivity contribution in [2.45, 2.75) is 19.4 Å². The summed E-state index contributed by atoms with van der Waals surface area (Å²) in [6.45, 7) is 1.47. The number of hydrogen-bond donors (Lipinski definition) is 0. The minimum atomic E-state index is -0.0544. The van der Waals surface area contributed by atoms with Gasteiger partial charge in [0.25, 0.3) is 5.91 Å². The van der Waals surface area contributed by atoms with E-state index in [-0.39, 0.29) is 5.91 Å². The Hall–Kier alpha value is -2.05. The number of aryl methyl sites for hydroxylation is 1. The first-order valence-electron chi connectivity index (χ1n) is 8.23. The van der Waals surface area contributed by atoms with Gasteiger partial charge in [-0.15, -0.1) is 0 Å². The van der Waals surface area contributed by atoms with Crippen LogP contribution in [0.1, 0.15) is 23.3 Å². The van der Waals surface area contributed by atoms with Crippen molar-refractivity contribution in [3.8, 4) is 0 Å². The predicted octanol–water partition coefficient (Wildman–Crippen LogP) is 4.06. The molecule has 1 aromatic heterocycles. The van der Waals surface area contributed by atoms with Crippen LogP contribution in [0.3, 0.4) is 0 Å². The second-order valence-corrected chi connectivity index (χ2v) is 7.94. The summed E-state index contributed by atoms with van der Waals surface area (Å²) in [4.78, 5) is 17.2. The average Bonchev–Trinajstić information content (AvgIpc) is 3.20. The third-order valence-electron chi connectivity index (χ3n) is 4.52. The first-order chi connectivity index (χ1) is 12.1. The minimum absolute atomic E-state index is 0.0544. The molecule has 0 bridgehead atoms. The Morgan fingerprint density at radius 1 is 1.36 bits per heavy atom. The molecule has 4 nitrogen and oxygen atoms in total. The summed E-state index contributed by atoms with van der Waals surface area (Å²) < 4.78 is 5.91. The third-order valence-corrected chi connectivity index (χ3v) is 5.90. The van der Waals surface area contributed by atoms with E-state index in [1.54, 1.807) is 11.2 Å². The van der Waals surface area contributed by atoms with Gasteiger partial charge in [0, 0.05) is 19.3 Å². The first kappa shape index (κ1) is 16.4. The van der Waals surface area contributed by atoms with Gasteiger partial charge in [-0.1, -0.05) is 30.0 Å². The van der Waals surface area contributed by atoms with Crippen molar-refractivity contribution in [2.24, 2.45) is 0 Å². The molecule has 1 fully saturated rings. The first-order valence-corrected chi connectivity index (χ1v) is 9.46. The molecule has 0 atom stereocenters. The minimum Gasteiger partial charge on any atom is -0.467 e. The van der Waals surface area contributed by atoms with Gasteiger partial charge in [-0.05, 0) is 54.3 Å². The average molecular weight is 370 g/mol. The van der Waals surface area contributed by atoms with Crippen LogP contribution in [0, 0.1) is 0 Å². The van der Waals surface area contributed by atoms with Gasteiger partial charge in [0.15, 0.2) is 0 Å². The highest BCUT2D eigenvalue weighted by Crippen LogP contribution is 2.35. The zero-order valence-electron chi connectivity index (χ0n) is 13.9. The summed E-state index contributed by atoms with van der Waals surface area (Å²) in [5.74, 6) is 0.676. The number of hydrogen-bond acceptors (Lipinski definition) is 5. The fourth-order valence-electron chi connectivity index (χ4n) is 3.24. The Labute approximate surface area is 156 Å². The quantitative estimate of drug-likeness (QED) is 0.601. The lowest BCUT2D eigenvalue weighted by atomic mass is 9.99. The van der Waals surface area contributed by atoms with Gasteiger partial charge >= 0.3 is 0 Å². The van der Waals surface area contributed by atoms with Crippen molar-refractivity contribution in [3.05, 3.63) is 58.4 Å². The topological polar surface area (TPSA) is 36.7 Å². The fourth-order valence-corrected chi connectivity index (χ4v) is 4.50. The zero-order chi connectivity index (χ0) is 17.4. The van der Waals surface area contributed by atoms with E-state index in [1.807, 2.05) is 18.2 Å². The summed E-state index contributed by atoms with van der Waals surface area (Å²) in [6, 6.07) is 10.1. The molecule has 1 saturated heterocycles. The van der Waals surface area contributed by atoms with E-state index < -0.39 is 0 Å². The molecular weight excluding hydrogens is 352 g/mol. The number of nitrogens with zero attached hydrogens (tertiary/aromatic N) is 2. The molecular formula is C19H18N2O2S2. The van der Waals surface area contributed by atoms with Crippen LogP contribution in [0.15, 0.2) is 45.9 Å². The predicted molar refractivity (Wildman–Crippen MR) is 105 cm³/mol.